The van der Waals surface area contributed by atoms with Crippen LogP contribution in [0.15, 0.2) is 79.3 Å². The van der Waals surface area contributed by atoms with E-state index in [4.69, 9.17) is 4.74 Å². The van der Waals surface area contributed by atoms with Crippen LogP contribution in [-0.2, 0) is 0 Å². The van der Waals surface area contributed by atoms with E-state index in [-0.39, 0.29) is 6.03 Å². The van der Waals surface area contributed by atoms with Crippen LogP contribution in [0.1, 0.15) is 0 Å². The second kappa shape index (κ2) is 6.96. The molecule has 0 aliphatic rings. The maximum atomic E-state index is 12.8. The minimum absolute atomic E-state index is 0.181. The molecule has 5 nitrogen and oxygen atoms in total. The predicted molar refractivity (Wildman–Crippen MR) is 107 cm³/mol. The maximum absolute atomic E-state index is 12.8. The first-order chi connectivity index (χ1) is 13.2. The molecule has 0 fully saturated rings. The van der Waals surface area contributed by atoms with E-state index in [2.05, 4.69) is 29.2 Å². The molecule has 0 bridgehead atoms. The molecule has 134 valence electrons. The smallest absolute Gasteiger partial charge is 0.333 e. The number of rotatable bonds is 3. The SMILES string of the molecule is COc1ccc(N(C)C(=O)n2cnc(-c3ccc4ccccc4c3)c2)cc1. The number of hydrogen-bond donors (Lipinski definition) is 0. The van der Waals surface area contributed by atoms with Crippen molar-refractivity contribution in [2.45, 2.75) is 0 Å². The fraction of sp³-hybridized carbons (Fsp3) is 0.0909. The second-order valence-electron chi connectivity index (χ2n) is 6.27. The lowest BCUT2D eigenvalue weighted by molar-refractivity contribution is 0.249. The predicted octanol–water partition coefficient (Wildman–Crippen LogP) is 4.82. The Morgan fingerprint density at radius 3 is 2.48 bits per heavy atom. The van der Waals surface area contributed by atoms with Gasteiger partial charge in [-0.2, -0.15) is 0 Å². The highest BCUT2D eigenvalue weighted by Gasteiger charge is 2.14. The van der Waals surface area contributed by atoms with Crippen molar-refractivity contribution < 1.29 is 9.53 Å². The molecule has 0 radical (unpaired) electrons. The van der Waals surface area contributed by atoms with Gasteiger partial charge in [0.1, 0.15) is 12.1 Å². The van der Waals surface area contributed by atoms with Gasteiger partial charge in [0, 0.05) is 24.5 Å². The number of anilines is 1. The molecule has 0 unspecified atom stereocenters. The van der Waals surface area contributed by atoms with Gasteiger partial charge in [-0.1, -0.05) is 36.4 Å². The lowest BCUT2D eigenvalue weighted by Crippen LogP contribution is -2.30. The van der Waals surface area contributed by atoms with E-state index in [9.17, 15) is 4.79 Å². The molecule has 0 spiro atoms. The Bertz CT molecular complexity index is 1100. The Morgan fingerprint density at radius 2 is 1.74 bits per heavy atom. The summed E-state index contributed by atoms with van der Waals surface area (Å²) in [6.07, 6.45) is 3.30. The minimum Gasteiger partial charge on any atom is -0.497 e. The van der Waals surface area contributed by atoms with Crippen LogP contribution in [-0.4, -0.2) is 29.7 Å². The first kappa shape index (κ1) is 16.8. The monoisotopic (exact) mass is 357 g/mol. The fourth-order valence-corrected chi connectivity index (χ4v) is 3.01. The normalized spacial score (nSPS) is 10.7. The molecule has 0 N–H and O–H groups in total. The zero-order chi connectivity index (χ0) is 18.8. The molecule has 0 atom stereocenters. The van der Waals surface area contributed by atoms with Crippen LogP contribution < -0.4 is 9.64 Å². The number of benzene rings is 3. The van der Waals surface area contributed by atoms with Gasteiger partial charge >= 0.3 is 6.03 Å². The molecule has 4 aromatic rings. The lowest BCUT2D eigenvalue weighted by atomic mass is 10.1. The summed E-state index contributed by atoms with van der Waals surface area (Å²) in [5.41, 5.74) is 2.52. The van der Waals surface area contributed by atoms with Crippen LogP contribution >= 0.6 is 0 Å². The van der Waals surface area contributed by atoms with Crippen LogP contribution in [0.3, 0.4) is 0 Å². The average molecular weight is 357 g/mol. The Hall–Kier alpha value is -3.60. The van der Waals surface area contributed by atoms with Crippen LogP contribution in [0, 0.1) is 0 Å². The van der Waals surface area contributed by atoms with E-state index in [0.29, 0.717) is 0 Å². The van der Waals surface area contributed by atoms with Gasteiger partial charge in [-0.15, -0.1) is 0 Å². The van der Waals surface area contributed by atoms with Crippen molar-refractivity contribution in [3.05, 3.63) is 79.3 Å². The van der Waals surface area contributed by atoms with Crippen molar-refractivity contribution in [2.24, 2.45) is 0 Å². The topological polar surface area (TPSA) is 47.4 Å². The van der Waals surface area contributed by atoms with Gasteiger partial charge < -0.3 is 4.74 Å². The van der Waals surface area contributed by atoms with Gasteiger partial charge in [-0.3, -0.25) is 9.47 Å². The number of nitrogens with zero attached hydrogens (tertiary/aromatic N) is 3. The largest absolute Gasteiger partial charge is 0.497 e. The van der Waals surface area contributed by atoms with Gasteiger partial charge in [0.25, 0.3) is 0 Å². The van der Waals surface area contributed by atoms with Gasteiger partial charge in [-0.25, -0.2) is 9.78 Å². The third kappa shape index (κ3) is 3.27. The standard InChI is InChI=1S/C22H19N3O2/c1-24(19-9-11-20(27-2)12-10-19)22(26)25-14-21(23-15-25)18-8-7-16-5-3-4-6-17(16)13-18/h3-15H,1-2H3. The van der Waals surface area contributed by atoms with E-state index in [1.807, 2.05) is 42.5 Å². The summed E-state index contributed by atoms with van der Waals surface area (Å²) in [5.74, 6) is 0.751. The number of carbonyl (C=O) groups excluding carboxylic acids is 1. The highest BCUT2D eigenvalue weighted by Crippen LogP contribution is 2.24. The van der Waals surface area contributed by atoms with E-state index in [1.165, 1.54) is 9.95 Å². The molecule has 5 heteroatoms. The summed E-state index contributed by atoms with van der Waals surface area (Å²) in [5, 5.41) is 2.32. The summed E-state index contributed by atoms with van der Waals surface area (Å²) in [7, 11) is 3.35. The van der Waals surface area contributed by atoms with E-state index < -0.39 is 0 Å². The van der Waals surface area contributed by atoms with Gasteiger partial charge in [0.2, 0.25) is 0 Å². The van der Waals surface area contributed by atoms with Gasteiger partial charge in [0.15, 0.2) is 0 Å². The first-order valence-electron chi connectivity index (χ1n) is 8.61. The number of imidazole rings is 1. The molecule has 1 heterocycles. The summed E-state index contributed by atoms with van der Waals surface area (Å²) in [4.78, 5) is 18.8. The van der Waals surface area contributed by atoms with Crippen LogP contribution in [0.25, 0.3) is 22.0 Å². The number of methoxy groups -OCH3 is 1. The number of ether oxygens (including phenoxy) is 1. The fourth-order valence-electron chi connectivity index (χ4n) is 3.01. The Balaban J connectivity index is 1.59. The molecular weight excluding hydrogens is 338 g/mol. The molecule has 27 heavy (non-hydrogen) atoms. The van der Waals surface area contributed by atoms with Crippen LogP contribution in [0.4, 0.5) is 10.5 Å². The Labute approximate surface area is 157 Å². The zero-order valence-electron chi connectivity index (χ0n) is 15.2. The van der Waals surface area contributed by atoms with Crippen molar-refractivity contribution >= 4 is 22.5 Å². The van der Waals surface area contributed by atoms with E-state index in [0.717, 1.165) is 28.1 Å². The van der Waals surface area contributed by atoms with E-state index in [1.54, 1.807) is 31.6 Å². The van der Waals surface area contributed by atoms with Crippen LogP contribution in [0.2, 0.25) is 0 Å². The molecular formula is C22H19N3O2. The maximum Gasteiger partial charge on any atom is 0.333 e. The van der Waals surface area contributed by atoms with Gasteiger partial charge in [-0.05, 0) is 41.1 Å². The average Bonchev–Trinajstić information content (AvgIpc) is 3.22. The van der Waals surface area contributed by atoms with Crippen molar-refractivity contribution in [3.8, 4) is 17.0 Å². The highest BCUT2D eigenvalue weighted by atomic mass is 16.5. The Morgan fingerprint density at radius 1 is 1.00 bits per heavy atom. The Kier molecular flexibility index (Phi) is 4.34. The van der Waals surface area contributed by atoms with Crippen molar-refractivity contribution in [1.82, 2.24) is 9.55 Å². The molecule has 4 rings (SSSR count). The summed E-state index contributed by atoms with van der Waals surface area (Å²) >= 11 is 0. The minimum atomic E-state index is -0.181. The number of aromatic nitrogens is 2. The lowest BCUT2D eigenvalue weighted by Gasteiger charge is -2.17. The molecule has 1 amide bonds. The van der Waals surface area contributed by atoms with Crippen molar-refractivity contribution in [3.63, 3.8) is 0 Å². The number of fused-ring (bicyclic) bond motifs is 1. The van der Waals surface area contributed by atoms with Crippen LogP contribution in [0.5, 0.6) is 5.75 Å². The molecule has 1 aromatic heterocycles. The first-order valence-corrected chi connectivity index (χ1v) is 8.61. The second-order valence-corrected chi connectivity index (χ2v) is 6.27. The quantitative estimate of drug-likeness (QED) is 0.528. The molecule has 0 aliphatic heterocycles. The third-order valence-corrected chi connectivity index (χ3v) is 4.60. The van der Waals surface area contributed by atoms with Gasteiger partial charge in [0.05, 0.1) is 12.8 Å². The highest BCUT2D eigenvalue weighted by molar-refractivity contribution is 5.93. The number of amides is 1. The summed E-state index contributed by atoms with van der Waals surface area (Å²) < 4.78 is 6.65. The molecule has 0 aliphatic carbocycles. The van der Waals surface area contributed by atoms with Crippen molar-refractivity contribution in [1.29, 1.82) is 0 Å². The summed E-state index contributed by atoms with van der Waals surface area (Å²) in [6, 6.07) is 21.5. The molecule has 0 saturated heterocycles. The molecule has 0 saturated carbocycles. The van der Waals surface area contributed by atoms with Crippen molar-refractivity contribution in [2.75, 3.05) is 19.1 Å². The zero-order valence-corrected chi connectivity index (χ0v) is 15.2. The number of carbonyl (C=O) groups is 1. The third-order valence-electron chi connectivity index (χ3n) is 4.60. The summed E-state index contributed by atoms with van der Waals surface area (Å²) in [6.45, 7) is 0. The van der Waals surface area contributed by atoms with E-state index >= 15 is 0 Å². The number of hydrogen-bond acceptors (Lipinski definition) is 3. The molecule has 3 aromatic carbocycles.